The molecule has 1 aliphatic rings. The van der Waals surface area contributed by atoms with Crippen molar-refractivity contribution in [3.8, 4) is 0 Å². The van der Waals surface area contributed by atoms with Crippen LogP contribution in [-0.2, 0) is 0 Å². The average Bonchev–Trinajstić information content (AvgIpc) is 2.62. The zero-order valence-corrected chi connectivity index (χ0v) is 12.5. The number of hydrogen-bond donors (Lipinski definition) is 0. The van der Waals surface area contributed by atoms with Gasteiger partial charge in [-0.15, -0.1) is 0 Å². The van der Waals surface area contributed by atoms with E-state index < -0.39 is 15.8 Å². The van der Waals surface area contributed by atoms with Crippen molar-refractivity contribution in [1.82, 2.24) is 0 Å². The van der Waals surface area contributed by atoms with Crippen LogP contribution in [0.4, 0.5) is 5.69 Å². The highest BCUT2D eigenvalue weighted by atomic mass is 16.6. The molecule has 7 heteroatoms. The molecule has 0 spiro atoms. The van der Waals surface area contributed by atoms with Crippen LogP contribution in [0.25, 0.3) is 0 Å². The van der Waals surface area contributed by atoms with Crippen LogP contribution in [0.3, 0.4) is 0 Å². The SMILES string of the molecule is O=[N+]([O-])C1=CN(c2ccccc2)C=C([N+](=O)[O-])C1c1ccccc1. The van der Waals surface area contributed by atoms with Crippen LogP contribution >= 0.6 is 0 Å². The maximum absolute atomic E-state index is 11.5. The van der Waals surface area contributed by atoms with Gasteiger partial charge in [0.25, 0.3) is 11.4 Å². The van der Waals surface area contributed by atoms with Gasteiger partial charge in [-0.3, -0.25) is 20.2 Å². The van der Waals surface area contributed by atoms with E-state index in [9.17, 15) is 20.2 Å². The fraction of sp³-hybridized carbons (Fsp3) is 0.0588. The molecule has 0 saturated heterocycles. The molecule has 0 fully saturated rings. The second kappa shape index (κ2) is 6.33. The zero-order chi connectivity index (χ0) is 17.1. The van der Waals surface area contributed by atoms with Crippen LogP contribution < -0.4 is 4.90 Å². The van der Waals surface area contributed by atoms with Crippen molar-refractivity contribution in [3.05, 3.63) is 110 Å². The summed E-state index contributed by atoms with van der Waals surface area (Å²) in [5.41, 5.74) is 0.650. The summed E-state index contributed by atoms with van der Waals surface area (Å²) in [5, 5.41) is 23.1. The summed E-state index contributed by atoms with van der Waals surface area (Å²) in [5.74, 6) is -1.02. The second-order valence-corrected chi connectivity index (χ2v) is 5.21. The van der Waals surface area contributed by atoms with Gasteiger partial charge in [-0.2, -0.15) is 0 Å². The lowest BCUT2D eigenvalue weighted by molar-refractivity contribution is -0.455. The molecule has 0 atom stereocenters. The summed E-state index contributed by atoms with van der Waals surface area (Å²) in [6, 6.07) is 17.2. The highest BCUT2D eigenvalue weighted by Gasteiger charge is 2.41. The van der Waals surface area contributed by atoms with E-state index in [0.29, 0.717) is 11.3 Å². The summed E-state index contributed by atoms with van der Waals surface area (Å²) in [6.45, 7) is 0. The van der Waals surface area contributed by atoms with Gasteiger partial charge < -0.3 is 4.90 Å². The molecule has 0 amide bonds. The van der Waals surface area contributed by atoms with Crippen molar-refractivity contribution in [2.45, 2.75) is 5.92 Å². The fourth-order valence-corrected chi connectivity index (χ4v) is 2.66. The predicted octanol–water partition coefficient (Wildman–Crippen LogP) is 3.53. The van der Waals surface area contributed by atoms with Gasteiger partial charge in [0.05, 0.1) is 22.2 Å². The lowest BCUT2D eigenvalue weighted by Gasteiger charge is -2.23. The van der Waals surface area contributed by atoms with Gasteiger partial charge in [0.15, 0.2) is 5.92 Å². The standard InChI is InChI=1S/C17H13N3O4/c21-19(22)15-11-18(14-9-5-2-6-10-14)12-16(20(23)24)17(15)13-7-3-1-4-8-13/h1-12,17H. The first-order valence-corrected chi connectivity index (χ1v) is 7.18. The molecule has 120 valence electrons. The largest absolute Gasteiger partial charge is 0.311 e. The molecule has 0 saturated carbocycles. The molecule has 1 heterocycles. The summed E-state index contributed by atoms with van der Waals surface area (Å²) < 4.78 is 0. The lowest BCUT2D eigenvalue weighted by atomic mass is 9.91. The van der Waals surface area contributed by atoms with E-state index in [1.165, 1.54) is 17.3 Å². The number of hydrogen-bond acceptors (Lipinski definition) is 5. The Morgan fingerprint density at radius 1 is 0.750 bits per heavy atom. The Balaban J connectivity index is 2.14. The number of para-hydroxylation sites is 1. The predicted molar refractivity (Wildman–Crippen MR) is 88.3 cm³/mol. The number of nitrogens with zero attached hydrogens (tertiary/aromatic N) is 3. The third-order valence-corrected chi connectivity index (χ3v) is 3.74. The first kappa shape index (κ1) is 15.4. The first-order chi connectivity index (χ1) is 11.6. The highest BCUT2D eigenvalue weighted by Crippen LogP contribution is 2.37. The third-order valence-electron chi connectivity index (χ3n) is 3.74. The minimum atomic E-state index is -1.02. The normalized spacial score (nSPS) is 14.8. The Morgan fingerprint density at radius 2 is 1.21 bits per heavy atom. The maximum Gasteiger partial charge on any atom is 0.280 e. The quantitative estimate of drug-likeness (QED) is 0.634. The van der Waals surface area contributed by atoms with Gasteiger partial charge in [0, 0.05) is 5.69 Å². The maximum atomic E-state index is 11.5. The van der Waals surface area contributed by atoms with E-state index in [0.717, 1.165) is 0 Å². The van der Waals surface area contributed by atoms with Gasteiger partial charge in [0.2, 0.25) is 0 Å². The van der Waals surface area contributed by atoms with Crippen LogP contribution in [0.15, 0.2) is 84.5 Å². The van der Waals surface area contributed by atoms with Gasteiger partial charge in [-0.25, -0.2) is 0 Å². The number of anilines is 1. The van der Waals surface area contributed by atoms with Gasteiger partial charge in [-0.05, 0) is 17.7 Å². The van der Waals surface area contributed by atoms with Crippen LogP contribution in [0.5, 0.6) is 0 Å². The molecule has 2 aromatic carbocycles. The van der Waals surface area contributed by atoms with Gasteiger partial charge in [0.1, 0.15) is 0 Å². The van der Waals surface area contributed by atoms with E-state index in [2.05, 4.69) is 0 Å². The average molecular weight is 323 g/mol. The summed E-state index contributed by atoms with van der Waals surface area (Å²) in [7, 11) is 0. The molecule has 0 N–H and O–H groups in total. The highest BCUT2D eigenvalue weighted by molar-refractivity contribution is 5.56. The second-order valence-electron chi connectivity index (χ2n) is 5.21. The van der Waals surface area contributed by atoms with Crippen molar-refractivity contribution < 1.29 is 9.85 Å². The Hall–Kier alpha value is -3.48. The smallest absolute Gasteiger partial charge is 0.280 e. The molecule has 0 bridgehead atoms. The number of benzene rings is 2. The Morgan fingerprint density at radius 3 is 1.67 bits per heavy atom. The van der Waals surface area contributed by atoms with Gasteiger partial charge >= 0.3 is 0 Å². The fourth-order valence-electron chi connectivity index (χ4n) is 2.66. The van der Waals surface area contributed by atoms with E-state index in [-0.39, 0.29) is 11.4 Å². The topological polar surface area (TPSA) is 89.5 Å². The third kappa shape index (κ3) is 2.87. The number of nitro groups is 2. The molecule has 24 heavy (non-hydrogen) atoms. The molecule has 0 aliphatic carbocycles. The van der Waals surface area contributed by atoms with Crippen LogP contribution in [0.1, 0.15) is 11.5 Å². The minimum Gasteiger partial charge on any atom is -0.311 e. The van der Waals surface area contributed by atoms with Gasteiger partial charge in [-0.1, -0.05) is 48.5 Å². The summed E-state index contributed by atoms with van der Waals surface area (Å²) >= 11 is 0. The Kier molecular flexibility index (Phi) is 4.07. The summed E-state index contributed by atoms with van der Waals surface area (Å²) in [4.78, 5) is 23.4. The van der Waals surface area contributed by atoms with E-state index in [4.69, 9.17) is 0 Å². The molecule has 0 unspecified atom stereocenters. The first-order valence-electron chi connectivity index (χ1n) is 7.18. The molecule has 2 aromatic rings. The van der Waals surface area contributed by atoms with Crippen LogP contribution in [0, 0.1) is 20.2 Å². The van der Waals surface area contributed by atoms with Crippen LogP contribution in [-0.4, -0.2) is 9.85 Å². The molecule has 0 radical (unpaired) electrons. The van der Waals surface area contributed by atoms with Crippen molar-refractivity contribution in [3.63, 3.8) is 0 Å². The summed E-state index contributed by atoms with van der Waals surface area (Å²) in [6.07, 6.45) is 2.67. The van der Waals surface area contributed by atoms with Crippen molar-refractivity contribution in [2.75, 3.05) is 4.90 Å². The Bertz CT molecular complexity index is 799. The van der Waals surface area contributed by atoms with E-state index >= 15 is 0 Å². The number of rotatable bonds is 4. The Labute approximate surface area is 137 Å². The van der Waals surface area contributed by atoms with E-state index in [1.807, 2.05) is 0 Å². The minimum absolute atomic E-state index is 0.237. The molecule has 3 rings (SSSR count). The monoisotopic (exact) mass is 323 g/mol. The van der Waals surface area contributed by atoms with Crippen molar-refractivity contribution in [1.29, 1.82) is 0 Å². The van der Waals surface area contributed by atoms with Crippen molar-refractivity contribution >= 4 is 5.69 Å². The van der Waals surface area contributed by atoms with E-state index in [1.54, 1.807) is 60.7 Å². The molecule has 0 aromatic heterocycles. The lowest BCUT2D eigenvalue weighted by Crippen LogP contribution is -2.27. The molecular formula is C17H13N3O4. The zero-order valence-electron chi connectivity index (χ0n) is 12.5. The molecule has 7 nitrogen and oxygen atoms in total. The van der Waals surface area contributed by atoms with Crippen LogP contribution in [0.2, 0.25) is 0 Å². The molecule has 1 aliphatic heterocycles. The van der Waals surface area contributed by atoms with Crippen molar-refractivity contribution in [2.24, 2.45) is 0 Å². The molecular weight excluding hydrogens is 310 g/mol.